The number of methoxy groups -OCH3 is 2. The molecule has 2 aliphatic heterocycles. The molecule has 0 spiro atoms. The molecule has 3 N–H and O–H groups in total. The van der Waals surface area contributed by atoms with E-state index in [0.717, 1.165) is 41.2 Å². The van der Waals surface area contributed by atoms with Crippen molar-refractivity contribution in [1.82, 2.24) is 9.80 Å². The molecule has 3 atom stereocenters. The number of amides is 2. The molecule has 3 aromatic rings. The van der Waals surface area contributed by atoms with Gasteiger partial charge >= 0.3 is 0 Å². The van der Waals surface area contributed by atoms with Crippen LogP contribution in [0.2, 0.25) is 0 Å². The fourth-order valence-corrected chi connectivity index (χ4v) is 6.82. The Kier molecular flexibility index (Phi) is 9.48. The maximum Gasteiger partial charge on any atom is 0.262 e. The lowest BCUT2D eigenvalue weighted by Crippen LogP contribution is -2.53. The van der Waals surface area contributed by atoms with Crippen LogP contribution in [-0.2, 0) is 27.3 Å². The van der Waals surface area contributed by atoms with E-state index >= 15 is 0 Å². The molecule has 0 saturated carbocycles. The average molecular weight is 625 g/mol. The van der Waals surface area contributed by atoms with Crippen LogP contribution in [0.5, 0.6) is 11.5 Å². The lowest BCUT2D eigenvalue weighted by Gasteiger charge is -2.35. The third-order valence-corrected chi connectivity index (χ3v) is 9.28. The van der Waals surface area contributed by atoms with Gasteiger partial charge in [-0.3, -0.25) is 18.4 Å². The molecule has 2 aliphatic rings. The number of hydrogen-bond acceptors (Lipinski definition) is 6. The molecule has 12 heteroatoms. The third-order valence-electron chi connectivity index (χ3n) is 8.24. The van der Waals surface area contributed by atoms with E-state index in [2.05, 4.69) is 0 Å². The van der Waals surface area contributed by atoms with E-state index in [1.54, 1.807) is 30.2 Å². The maximum absolute atomic E-state index is 14.0. The number of rotatable bonds is 10. The molecule has 0 radical (unpaired) electrons. The Morgan fingerprint density at radius 1 is 1.02 bits per heavy atom. The largest absolute Gasteiger partial charge is 0.493 e. The van der Waals surface area contributed by atoms with E-state index in [1.807, 2.05) is 41.3 Å². The van der Waals surface area contributed by atoms with Gasteiger partial charge in [0.1, 0.15) is 17.1 Å². The number of carbonyl (C=O) groups is 2. The second-order valence-electron chi connectivity index (χ2n) is 10.8. The van der Waals surface area contributed by atoms with Gasteiger partial charge in [-0.05, 0) is 66.3 Å². The fourth-order valence-electron chi connectivity index (χ4n) is 5.98. The monoisotopic (exact) mass is 624 g/mol. The number of anilines is 1. The number of carbonyl (C=O) groups excluding carboxylic acids is 2. The highest BCUT2D eigenvalue weighted by atomic mass is 32.2. The first-order valence-corrected chi connectivity index (χ1v) is 15.7. The van der Waals surface area contributed by atoms with Gasteiger partial charge < -0.3 is 25.0 Å². The Morgan fingerprint density at radius 2 is 1.67 bits per heavy atom. The van der Waals surface area contributed by atoms with E-state index in [9.17, 15) is 18.4 Å². The number of fused-ring (bicyclic) bond motifs is 1. The van der Waals surface area contributed by atoms with Crippen molar-refractivity contribution in [1.29, 1.82) is 0 Å². The summed E-state index contributed by atoms with van der Waals surface area (Å²) in [5, 5.41) is 1.60. The van der Waals surface area contributed by atoms with Gasteiger partial charge in [0.25, 0.3) is 11.3 Å². The van der Waals surface area contributed by atoms with E-state index in [-0.39, 0.29) is 23.3 Å². The first-order valence-electron chi connectivity index (χ1n) is 14.3. The minimum Gasteiger partial charge on any atom is -0.493 e. The molecule has 0 aliphatic carbocycles. The molecule has 43 heavy (non-hydrogen) atoms. The summed E-state index contributed by atoms with van der Waals surface area (Å²) in [6, 6.07) is 14.6. The van der Waals surface area contributed by atoms with Crippen LogP contribution in [0.1, 0.15) is 36.8 Å². The van der Waals surface area contributed by atoms with E-state index < -0.39 is 23.4 Å². The van der Waals surface area contributed by atoms with Gasteiger partial charge in [0.15, 0.2) is 11.5 Å². The number of piperidine rings is 1. The highest BCUT2D eigenvalue weighted by molar-refractivity contribution is 7.81. The molecule has 10 nitrogen and oxygen atoms in total. The highest BCUT2D eigenvalue weighted by Crippen LogP contribution is 2.35. The number of thiocarbonyl (C=S) groups is 1. The van der Waals surface area contributed by atoms with Crippen molar-refractivity contribution >= 4 is 56.7 Å². The molecule has 228 valence electrons. The van der Waals surface area contributed by atoms with Gasteiger partial charge in [0, 0.05) is 31.6 Å². The topological polar surface area (TPSA) is 126 Å². The van der Waals surface area contributed by atoms with E-state index in [0.29, 0.717) is 43.1 Å². The number of nitrogens with zero attached hydrogens (tertiary/aromatic N) is 3. The summed E-state index contributed by atoms with van der Waals surface area (Å²) in [5.74, 6) is 0.629. The van der Waals surface area contributed by atoms with Crippen LogP contribution in [0, 0.1) is 0 Å². The lowest BCUT2D eigenvalue weighted by atomic mass is 10.0. The van der Waals surface area contributed by atoms with Crippen LogP contribution in [-0.4, -0.2) is 81.3 Å². The van der Waals surface area contributed by atoms with Crippen LogP contribution in [0.25, 0.3) is 10.8 Å². The molecule has 5 rings (SSSR count). The quantitative estimate of drug-likeness (QED) is 0.259. The second kappa shape index (κ2) is 13.3. The zero-order valence-corrected chi connectivity index (χ0v) is 25.9. The van der Waals surface area contributed by atoms with Gasteiger partial charge in [0.05, 0.1) is 19.9 Å². The number of nitrogens with two attached hydrogens (primary N) is 1. The predicted octanol–water partition coefficient (Wildman–Crippen LogP) is 3.66. The lowest BCUT2D eigenvalue weighted by molar-refractivity contribution is -0.144. The van der Waals surface area contributed by atoms with Gasteiger partial charge in [-0.15, -0.1) is 0 Å². The smallest absolute Gasteiger partial charge is 0.262 e. The zero-order chi connectivity index (χ0) is 30.7. The van der Waals surface area contributed by atoms with Crippen molar-refractivity contribution in [2.75, 3.05) is 38.2 Å². The molecule has 3 unspecified atom stereocenters. The summed E-state index contributed by atoms with van der Waals surface area (Å²) in [5.41, 5.74) is 7.76. The second-order valence-corrected chi connectivity index (χ2v) is 12.1. The van der Waals surface area contributed by atoms with Crippen molar-refractivity contribution in [3.05, 3.63) is 65.7 Å². The summed E-state index contributed by atoms with van der Waals surface area (Å²) in [7, 11) is 3.09. The minimum atomic E-state index is -2.50. The molecule has 2 heterocycles. The Morgan fingerprint density at radius 3 is 2.28 bits per heavy atom. The van der Waals surface area contributed by atoms with Gasteiger partial charge in [0.2, 0.25) is 11.8 Å². The van der Waals surface area contributed by atoms with Crippen molar-refractivity contribution < 1.29 is 27.8 Å². The molecule has 2 fully saturated rings. The maximum atomic E-state index is 14.0. The minimum absolute atomic E-state index is 0.101. The number of benzene rings is 3. The molecular weight excluding hydrogens is 588 g/mol. The van der Waals surface area contributed by atoms with Crippen LogP contribution in [0.3, 0.4) is 0 Å². The van der Waals surface area contributed by atoms with Crippen LogP contribution < -0.4 is 19.5 Å². The Balaban J connectivity index is 1.45. The summed E-state index contributed by atoms with van der Waals surface area (Å²) in [6.07, 6.45) is 3.52. The summed E-state index contributed by atoms with van der Waals surface area (Å²) in [4.78, 5) is 31.6. The molecule has 3 aromatic carbocycles. The van der Waals surface area contributed by atoms with Crippen molar-refractivity contribution in [2.45, 2.75) is 44.2 Å². The molecule has 2 amide bonds. The highest BCUT2D eigenvalue weighted by Gasteiger charge is 2.44. The summed E-state index contributed by atoms with van der Waals surface area (Å²) >= 11 is 2.57. The van der Waals surface area contributed by atoms with Crippen molar-refractivity contribution in [2.24, 2.45) is 5.73 Å². The molecular formula is C31H36N4O6S2. The summed E-state index contributed by atoms with van der Waals surface area (Å²) in [6.45, 7) is 1.59. The van der Waals surface area contributed by atoms with Crippen LogP contribution >= 0.6 is 12.2 Å². The molecule has 0 aromatic heterocycles. The van der Waals surface area contributed by atoms with Crippen LogP contribution in [0.4, 0.5) is 5.69 Å². The van der Waals surface area contributed by atoms with Crippen molar-refractivity contribution in [3.8, 4) is 11.5 Å². The summed E-state index contributed by atoms with van der Waals surface area (Å²) < 4.78 is 35.2. The molecule has 0 bridgehead atoms. The number of ether oxygens (including phenoxy) is 2. The standard InChI is InChI=1S/C31H36N4O6S2/c1-40-27-18-22-10-11-24(17-23(22)19-28(27)41-2)35(43(38)39)25-12-15-34(31(25)37)26(30(36)33-13-4-3-5-14-33)16-20-6-8-21(9-7-20)29(32)42/h6-11,17-19,25-26H,3-5,12-16H2,1-2H3,(H2,32,42)(H,38,39). The van der Waals surface area contributed by atoms with Gasteiger partial charge in [-0.25, -0.2) is 4.21 Å². The van der Waals surface area contributed by atoms with E-state index in [1.165, 1.54) is 11.4 Å². The zero-order valence-electron chi connectivity index (χ0n) is 24.2. The Hall–Kier alpha value is -3.74. The van der Waals surface area contributed by atoms with Gasteiger partial charge in [-0.2, -0.15) is 0 Å². The van der Waals surface area contributed by atoms with E-state index in [4.69, 9.17) is 27.4 Å². The van der Waals surface area contributed by atoms with Crippen LogP contribution in [0.15, 0.2) is 54.6 Å². The number of likely N-dealkylation sites (tertiary alicyclic amines) is 2. The number of hydrogen-bond donors (Lipinski definition) is 2. The average Bonchev–Trinajstić information content (AvgIpc) is 3.39. The first-order chi connectivity index (χ1) is 20.7. The molecule has 2 saturated heterocycles. The third kappa shape index (κ3) is 6.46. The van der Waals surface area contributed by atoms with Gasteiger partial charge in [-0.1, -0.05) is 42.5 Å². The normalized spacial score (nSPS) is 18.4. The Labute approximate surface area is 259 Å². The fraction of sp³-hybridized carbons (Fsp3) is 0.387. The SMILES string of the molecule is COc1cc2ccc(N(C3CCN(C(Cc4ccc(C(N)=S)cc4)C(=O)N4CCCCC4)C3=O)S(=O)O)cc2cc1OC. The van der Waals surface area contributed by atoms with Crippen molar-refractivity contribution in [3.63, 3.8) is 0 Å². The Bertz CT molecular complexity index is 1540. The first kappa shape index (κ1) is 30.7. The predicted molar refractivity (Wildman–Crippen MR) is 171 cm³/mol.